The molecule has 1 fully saturated rings. The third kappa shape index (κ3) is 5.57. The molecular formula is C19H28IN5O2. The number of piperidine rings is 1. The number of fused-ring (bicyclic) bond motifs is 1. The molecule has 0 spiro atoms. The molecule has 0 amide bonds. The molecule has 8 heteroatoms. The highest BCUT2D eigenvalue weighted by Crippen LogP contribution is 2.18. The van der Waals surface area contributed by atoms with Gasteiger partial charge < -0.3 is 19.4 Å². The van der Waals surface area contributed by atoms with Crippen molar-refractivity contribution in [2.45, 2.75) is 26.2 Å². The van der Waals surface area contributed by atoms with Gasteiger partial charge in [-0.05, 0) is 31.9 Å². The lowest BCUT2D eigenvalue weighted by Crippen LogP contribution is -2.48. The lowest BCUT2D eigenvalue weighted by Gasteiger charge is -2.33. The summed E-state index contributed by atoms with van der Waals surface area (Å²) in [6.07, 6.45) is 6.72. The van der Waals surface area contributed by atoms with Crippen molar-refractivity contribution in [3.05, 3.63) is 36.3 Å². The molecule has 0 bridgehead atoms. The highest BCUT2D eigenvalue weighted by Gasteiger charge is 2.28. The number of hydrogen-bond acceptors (Lipinski definition) is 4. The smallest absolute Gasteiger partial charge is 0.310 e. The summed E-state index contributed by atoms with van der Waals surface area (Å²) in [4.78, 5) is 23.2. The number of imidazole rings is 1. The number of nitrogens with zero attached hydrogens (tertiary/aromatic N) is 4. The second-order valence-corrected chi connectivity index (χ2v) is 6.46. The van der Waals surface area contributed by atoms with Crippen LogP contribution in [0.2, 0.25) is 0 Å². The quantitative estimate of drug-likeness (QED) is 0.305. The number of carbonyl (C=O) groups is 1. The summed E-state index contributed by atoms with van der Waals surface area (Å²) in [6, 6.07) is 5.98. The van der Waals surface area contributed by atoms with Crippen LogP contribution < -0.4 is 5.32 Å². The largest absolute Gasteiger partial charge is 0.466 e. The topological polar surface area (TPSA) is 71.2 Å². The van der Waals surface area contributed by atoms with Crippen molar-refractivity contribution in [1.29, 1.82) is 0 Å². The first-order valence-electron chi connectivity index (χ1n) is 9.26. The standard InChI is InChI=1S/C19H27N5O2.HI/c1-3-26-18(25)15-7-6-12-24(13-15)19(20-2)21-10-9-16-14-23-11-5-4-8-17(23)22-16;/h4-5,8,11,14-15H,3,6-7,9-10,12-13H2,1-2H3,(H,20,21);1H. The maximum atomic E-state index is 12.0. The molecular weight excluding hydrogens is 457 g/mol. The van der Waals surface area contributed by atoms with Gasteiger partial charge in [-0.1, -0.05) is 6.07 Å². The van der Waals surface area contributed by atoms with Crippen molar-refractivity contribution >= 4 is 41.6 Å². The summed E-state index contributed by atoms with van der Waals surface area (Å²) in [6.45, 7) is 4.59. The van der Waals surface area contributed by atoms with Crippen molar-refractivity contribution in [1.82, 2.24) is 19.6 Å². The highest BCUT2D eigenvalue weighted by molar-refractivity contribution is 14.0. The van der Waals surface area contributed by atoms with Crippen LogP contribution in [-0.4, -0.2) is 59.5 Å². The van der Waals surface area contributed by atoms with Gasteiger partial charge in [0.15, 0.2) is 5.96 Å². The third-order valence-corrected chi connectivity index (χ3v) is 4.63. The summed E-state index contributed by atoms with van der Waals surface area (Å²) < 4.78 is 7.20. The van der Waals surface area contributed by atoms with Gasteiger partial charge in [0.25, 0.3) is 0 Å². The van der Waals surface area contributed by atoms with Crippen LogP contribution in [-0.2, 0) is 16.0 Å². The van der Waals surface area contributed by atoms with Crippen molar-refractivity contribution in [2.75, 3.05) is 33.3 Å². The van der Waals surface area contributed by atoms with Gasteiger partial charge in [0, 0.05) is 45.5 Å². The molecule has 1 saturated heterocycles. The highest BCUT2D eigenvalue weighted by atomic mass is 127. The molecule has 0 aliphatic carbocycles. The number of esters is 1. The van der Waals surface area contributed by atoms with E-state index < -0.39 is 0 Å². The number of carbonyl (C=O) groups excluding carboxylic acids is 1. The number of ether oxygens (including phenoxy) is 1. The van der Waals surface area contributed by atoms with Crippen LogP contribution in [0.5, 0.6) is 0 Å². The first-order valence-corrected chi connectivity index (χ1v) is 9.26. The van der Waals surface area contributed by atoms with E-state index in [1.807, 2.05) is 35.7 Å². The number of hydrogen-bond donors (Lipinski definition) is 1. The van der Waals surface area contributed by atoms with Crippen LogP contribution in [0.4, 0.5) is 0 Å². The Morgan fingerprint density at radius 3 is 3.04 bits per heavy atom. The maximum absolute atomic E-state index is 12.0. The monoisotopic (exact) mass is 485 g/mol. The number of halogens is 1. The molecule has 2 aromatic heterocycles. The molecule has 3 rings (SSSR count). The Morgan fingerprint density at radius 2 is 2.30 bits per heavy atom. The van der Waals surface area contributed by atoms with Crippen molar-refractivity contribution in [3.8, 4) is 0 Å². The molecule has 7 nitrogen and oxygen atoms in total. The van der Waals surface area contributed by atoms with Crippen LogP contribution in [0.3, 0.4) is 0 Å². The lowest BCUT2D eigenvalue weighted by atomic mass is 9.98. The second-order valence-electron chi connectivity index (χ2n) is 6.46. The Morgan fingerprint density at radius 1 is 1.44 bits per heavy atom. The first-order chi connectivity index (χ1) is 12.7. The molecule has 1 unspecified atom stereocenters. The fourth-order valence-corrected chi connectivity index (χ4v) is 3.36. The molecule has 1 atom stereocenters. The molecule has 148 valence electrons. The normalized spacial score (nSPS) is 17.5. The summed E-state index contributed by atoms with van der Waals surface area (Å²) in [7, 11) is 1.78. The van der Waals surface area contributed by atoms with Gasteiger partial charge in [0.1, 0.15) is 5.65 Å². The fourth-order valence-electron chi connectivity index (χ4n) is 3.36. The summed E-state index contributed by atoms with van der Waals surface area (Å²) in [5.74, 6) is 0.667. The Hall–Kier alpha value is -1.84. The zero-order chi connectivity index (χ0) is 18.4. The van der Waals surface area contributed by atoms with Gasteiger partial charge in [-0.25, -0.2) is 4.98 Å². The predicted molar refractivity (Wildman–Crippen MR) is 117 cm³/mol. The minimum absolute atomic E-state index is 0. The number of guanidine groups is 1. The van der Waals surface area contributed by atoms with Gasteiger partial charge in [0.2, 0.25) is 0 Å². The summed E-state index contributed by atoms with van der Waals surface area (Å²) in [5.41, 5.74) is 2.00. The van der Waals surface area contributed by atoms with E-state index in [1.54, 1.807) is 7.05 Å². The zero-order valence-electron chi connectivity index (χ0n) is 15.9. The fraction of sp³-hybridized carbons (Fsp3) is 0.526. The number of aliphatic imine (C=N–C) groups is 1. The average molecular weight is 485 g/mol. The van der Waals surface area contributed by atoms with Crippen LogP contribution in [0.1, 0.15) is 25.5 Å². The van der Waals surface area contributed by atoms with E-state index in [0.29, 0.717) is 13.2 Å². The van der Waals surface area contributed by atoms with E-state index in [0.717, 1.165) is 49.7 Å². The van der Waals surface area contributed by atoms with Crippen LogP contribution in [0.15, 0.2) is 35.6 Å². The molecule has 2 aromatic rings. The van der Waals surface area contributed by atoms with Gasteiger partial charge in [0.05, 0.1) is 18.2 Å². The lowest BCUT2D eigenvalue weighted by molar-refractivity contribution is -0.149. The third-order valence-electron chi connectivity index (χ3n) is 4.63. The SMILES string of the molecule is CCOC(=O)C1CCCN(C(=NC)NCCc2cn3ccccc3n2)C1.I. The van der Waals surface area contributed by atoms with Gasteiger partial charge in [-0.15, -0.1) is 24.0 Å². The van der Waals surface area contributed by atoms with Crippen LogP contribution in [0.25, 0.3) is 5.65 Å². The molecule has 1 aliphatic heterocycles. The number of pyridine rings is 1. The summed E-state index contributed by atoms with van der Waals surface area (Å²) >= 11 is 0. The molecule has 27 heavy (non-hydrogen) atoms. The van der Waals surface area contributed by atoms with Crippen molar-refractivity contribution < 1.29 is 9.53 Å². The molecule has 0 aromatic carbocycles. The van der Waals surface area contributed by atoms with Crippen LogP contribution >= 0.6 is 24.0 Å². The number of aromatic nitrogens is 2. The van der Waals surface area contributed by atoms with E-state index in [4.69, 9.17) is 4.74 Å². The van der Waals surface area contributed by atoms with Crippen molar-refractivity contribution in [2.24, 2.45) is 10.9 Å². The maximum Gasteiger partial charge on any atom is 0.310 e. The number of rotatable bonds is 5. The number of likely N-dealkylation sites (tertiary alicyclic amines) is 1. The van der Waals surface area contributed by atoms with Gasteiger partial charge in [-0.2, -0.15) is 0 Å². The minimum Gasteiger partial charge on any atom is -0.466 e. The molecule has 3 heterocycles. The van der Waals surface area contributed by atoms with E-state index in [-0.39, 0.29) is 35.9 Å². The Labute approximate surface area is 177 Å². The Kier molecular flexibility index (Phi) is 8.33. The molecule has 0 saturated carbocycles. The molecule has 0 radical (unpaired) electrons. The van der Waals surface area contributed by atoms with Gasteiger partial charge >= 0.3 is 5.97 Å². The van der Waals surface area contributed by atoms with Gasteiger partial charge in [-0.3, -0.25) is 9.79 Å². The Bertz CT molecular complexity index is 743. The van der Waals surface area contributed by atoms with Crippen LogP contribution in [0, 0.1) is 5.92 Å². The van der Waals surface area contributed by atoms with E-state index in [2.05, 4.69) is 26.4 Å². The zero-order valence-corrected chi connectivity index (χ0v) is 18.3. The number of nitrogens with one attached hydrogen (secondary N) is 1. The summed E-state index contributed by atoms with van der Waals surface area (Å²) in [5, 5.41) is 3.40. The van der Waals surface area contributed by atoms with E-state index >= 15 is 0 Å². The van der Waals surface area contributed by atoms with E-state index in [9.17, 15) is 4.79 Å². The second kappa shape index (κ2) is 10.5. The van der Waals surface area contributed by atoms with E-state index in [1.165, 1.54) is 0 Å². The Balaban J connectivity index is 0.00000261. The first kappa shape index (κ1) is 21.5. The minimum atomic E-state index is -0.0997. The average Bonchev–Trinajstić information content (AvgIpc) is 3.08. The van der Waals surface area contributed by atoms with Crippen molar-refractivity contribution in [3.63, 3.8) is 0 Å². The molecule has 1 aliphatic rings. The molecule has 1 N–H and O–H groups in total. The predicted octanol–water partition coefficient (Wildman–Crippen LogP) is 2.35.